The Morgan fingerprint density at radius 1 is 0.967 bits per heavy atom. The summed E-state index contributed by atoms with van der Waals surface area (Å²) in [7, 11) is 0. The van der Waals surface area contributed by atoms with Gasteiger partial charge in [-0.2, -0.15) is 0 Å². The highest BCUT2D eigenvalue weighted by molar-refractivity contribution is 6.01. The zero-order valence-electron chi connectivity index (χ0n) is 18.1. The smallest absolute Gasteiger partial charge is 0.236 e. The first kappa shape index (κ1) is 20.8. The predicted molar refractivity (Wildman–Crippen MR) is 115 cm³/mol. The molecule has 3 fully saturated rings. The van der Waals surface area contributed by atoms with E-state index < -0.39 is 0 Å². The van der Waals surface area contributed by atoms with Gasteiger partial charge in [0.25, 0.3) is 0 Å². The summed E-state index contributed by atoms with van der Waals surface area (Å²) in [6.07, 6.45) is 2.49. The Kier molecular flexibility index (Phi) is 6.09. The van der Waals surface area contributed by atoms with Crippen molar-refractivity contribution in [3.8, 4) is 0 Å². The normalized spacial score (nSPS) is 22.8. The van der Waals surface area contributed by atoms with Crippen LogP contribution in [0.1, 0.15) is 30.4 Å². The molecule has 3 amide bonds. The van der Waals surface area contributed by atoms with Crippen molar-refractivity contribution in [2.45, 2.75) is 33.1 Å². The highest BCUT2D eigenvalue weighted by Gasteiger charge is 2.38. The van der Waals surface area contributed by atoms with E-state index in [1.807, 2.05) is 41.8 Å². The molecule has 7 nitrogen and oxygen atoms in total. The maximum Gasteiger partial charge on any atom is 0.236 e. The second-order valence-electron chi connectivity index (χ2n) is 8.81. The molecule has 3 aliphatic rings. The first-order valence-corrected chi connectivity index (χ1v) is 11.1. The molecule has 0 bridgehead atoms. The Morgan fingerprint density at radius 2 is 1.67 bits per heavy atom. The molecular formula is C23H32N4O3. The molecule has 7 heteroatoms. The van der Waals surface area contributed by atoms with Crippen LogP contribution in [-0.2, 0) is 14.4 Å². The molecule has 0 spiro atoms. The van der Waals surface area contributed by atoms with E-state index in [4.69, 9.17) is 0 Å². The fraction of sp³-hybridized carbons (Fsp3) is 0.609. The van der Waals surface area contributed by atoms with Crippen molar-refractivity contribution in [2.75, 3.05) is 57.3 Å². The maximum absolute atomic E-state index is 13.1. The third-order valence-electron chi connectivity index (χ3n) is 6.84. The van der Waals surface area contributed by atoms with Gasteiger partial charge in [-0.3, -0.25) is 19.3 Å². The van der Waals surface area contributed by atoms with Crippen molar-refractivity contribution < 1.29 is 14.4 Å². The van der Waals surface area contributed by atoms with Crippen molar-refractivity contribution in [3.63, 3.8) is 0 Å². The Bertz CT molecular complexity index is 826. The van der Waals surface area contributed by atoms with Crippen LogP contribution < -0.4 is 4.90 Å². The van der Waals surface area contributed by atoms with E-state index in [-0.39, 0.29) is 30.1 Å². The van der Waals surface area contributed by atoms with Crippen molar-refractivity contribution in [3.05, 3.63) is 29.3 Å². The molecule has 0 aliphatic carbocycles. The number of carbonyl (C=O) groups excluding carboxylic acids is 3. The number of benzene rings is 1. The number of carbonyl (C=O) groups is 3. The van der Waals surface area contributed by atoms with Crippen LogP contribution in [0.25, 0.3) is 0 Å². The molecule has 1 aromatic carbocycles. The summed E-state index contributed by atoms with van der Waals surface area (Å²) in [4.78, 5) is 45.8. The largest absolute Gasteiger partial charge is 0.342 e. The van der Waals surface area contributed by atoms with Gasteiger partial charge in [0.1, 0.15) is 0 Å². The number of rotatable bonds is 4. The number of piperazine rings is 1. The summed E-state index contributed by atoms with van der Waals surface area (Å²) in [5.41, 5.74) is 3.16. The van der Waals surface area contributed by atoms with Crippen LogP contribution in [0.2, 0.25) is 0 Å². The van der Waals surface area contributed by atoms with E-state index in [9.17, 15) is 14.4 Å². The SMILES string of the molecule is Cc1cccc(N2CC(C(=O)N3CCN(CC(=O)N4CCCC4)CC3)CC2=O)c1C. The number of nitrogens with zero attached hydrogens (tertiary/aromatic N) is 4. The Labute approximate surface area is 178 Å². The first-order chi connectivity index (χ1) is 14.4. The summed E-state index contributed by atoms with van der Waals surface area (Å²) >= 11 is 0. The Hall–Kier alpha value is -2.41. The minimum absolute atomic E-state index is 0.0249. The standard InChI is InChI=1S/C23H32N4O3/c1-17-6-5-7-20(18(17)2)27-15-19(14-21(27)28)23(30)26-12-10-24(11-13-26)16-22(29)25-8-3-4-9-25/h5-7,19H,3-4,8-16H2,1-2H3. The molecule has 1 aromatic rings. The molecule has 0 aromatic heterocycles. The molecule has 3 aliphatic heterocycles. The van der Waals surface area contributed by atoms with E-state index in [1.165, 1.54) is 0 Å². The monoisotopic (exact) mass is 412 g/mol. The van der Waals surface area contributed by atoms with Crippen LogP contribution in [0.3, 0.4) is 0 Å². The lowest BCUT2D eigenvalue weighted by molar-refractivity contribution is -0.138. The van der Waals surface area contributed by atoms with E-state index >= 15 is 0 Å². The Morgan fingerprint density at radius 3 is 2.37 bits per heavy atom. The fourth-order valence-electron chi connectivity index (χ4n) is 4.78. The van der Waals surface area contributed by atoms with Gasteiger partial charge in [0.2, 0.25) is 17.7 Å². The summed E-state index contributed by atoms with van der Waals surface area (Å²) in [6, 6.07) is 5.96. The summed E-state index contributed by atoms with van der Waals surface area (Å²) in [6.45, 7) is 9.40. The lowest BCUT2D eigenvalue weighted by Crippen LogP contribution is -2.52. The predicted octanol–water partition coefficient (Wildman–Crippen LogP) is 1.42. The first-order valence-electron chi connectivity index (χ1n) is 11.1. The summed E-state index contributed by atoms with van der Waals surface area (Å²) < 4.78 is 0. The number of anilines is 1. The Balaban J connectivity index is 1.31. The van der Waals surface area contributed by atoms with Crippen LogP contribution >= 0.6 is 0 Å². The molecule has 30 heavy (non-hydrogen) atoms. The number of hydrogen-bond acceptors (Lipinski definition) is 4. The van der Waals surface area contributed by atoms with Gasteiger partial charge in [0, 0.05) is 57.9 Å². The van der Waals surface area contributed by atoms with Gasteiger partial charge in [0.05, 0.1) is 12.5 Å². The van der Waals surface area contributed by atoms with Crippen LogP contribution in [0.15, 0.2) is 18.2 Å². The van der Waals surface area contributed by atoms with Gasteiger partial charge in [-0.05, 0) is 43.9 Å². The number of aryl methyl sites for hydroxylation is 1. The van der Waals surface area contributed by atoms with Gasteiger partial charge in [-0.15, -0.1) is 0 Å². The number of amides is 3. The number of hydrogen-bond donors (Lipinski definition) is 0. The number of likely N-dealkylation sites (tertiary alicyclic amines) is 1. The molecular weight excluding hydrogens is 380 g/mol. The highest BCUT2D eigenvalue weighted by Crippen LogP contribution is 2.30. The summed E-state index contributed by atoms with van der Waals surface area (Å²) in [5.74, 6) is 0.0200. The van der Waals surface area contributed by atoms with E-state index in [0.717, 1.165) is 42.7 Å². The van der Waals surface area contributed by atoms with Gasteiger partial charge in [-0.25, -0.2) is 0 Å². The van der Waals surface area contributed by atoms with Gasteiger partial charge in [0.15, 0.2) is 0 Å². The maximum atomic E-state index is 13.1. The minimum Gasteiger partial charge on any atom is -0.342 e. The highest BCUT2D eigenvalue weighted by atomic mass is 16.2. The van der Waals surface area contributed by atoms with Crippen molar-refractivity contribution >= 4 is 23.4 Å². The van der Waals surface area contributed by atoms with Crippen LogP contribution in [0.5, 0.6) is 0 Å². The van der Waals surface area contributed by atoms with Crippen molar-refractivity contribution in [2.24, 2.45) is 5.92 Å². The van der Waals surface area contributed by atoms with Crippen LogP contribution in [0, 0.1) is 19.8 Å². The molecule has 162 valence electrons. The molecule has 0 N–H and O–H groups in total. The van der Waals surface area contributed by atoms with Crippen LogP contribution in [0.4, 0.5) is 5.69 Å². The quantitative estimate of drug-likeness (QED) is 0.750. The van der Waals surface area contributed by atoms with E-state index in [0.29, 0.717) is 39.3 Å². The van der Waals surface area contributed by atoms with Crippen molar-refractivity contribution in [1.82, 2.24) is 14.7 Å². The lowest BCUT2D eigenvalue weighted by atomic mass is 10.1. The summed E-state index contributed by atoms with van der Waals surface area (Å²) in [5, 5.41) is 0. The zero-order valence-corrected chi connectivity index (χ0v) is 18.1. The fourth-order valence-corrected chi connectivity index (χ4v) is 4.78. The zero-order chi connectivity index (χ0) is 21.3. The molecule has 0 radical (unpaired) electrons. The van der Waals surface area contributed by atoms with Gasteiger partial charge >= 0.3 is 0 Å². The van der Waals surface area contributed by atoms with E-state index in [1.54, 1.807) is 4.90 Å². The molecule has 3 saturated heterocycles. The topological polar surface area (TPSA) is 64.2 Å². The molecule has 3 heterocycles. The average Bonchev–Trinajstić information content (AvgIpc) is 3.40. The third-order valence-corrected chi connectivity index (χ3v) is 6.84. The molecule has 4 rings (SSSR count). The van der Waals surface area contributed by atoms with Crippen molar-refractivity contribution in [1.29, 1.82) is 0 Å². The average molecular weight is 413 g/mol. The molecule has 1 unspecified atom stereocenters. The second-order valence-corrected chi connectivity index (χ2v) is 8.81. The molecule has 0 saturated carbocycles. The molecule has 1 atom stereocenters. The second kappa shape index (κ2) is 8.76. The van der Waals surface area contributed by atoms with Gasteiger partial charge in [-0.1, -0.05) is 12.1 Å². The lowest BCUT2D eigenvalue weighted by Gasteiger charge is -2.36. The van der Waals surface area contributed by atoms with E-state index in [2.05, 4.69) is 4.90 Å². The third kappa shape index (κ3) is 4.21. The van der Waals surface area contributed by atoms with Crippen LogP contribution in [-0.4, -0.2) is 84.8 Å². The van der Waals surface area contributed by atoms with Gasteiger partial charge < -0.3 is 14.7 Å². The minimum atomic E-state index is -0.282.